The van der Waals surface area contributed by atoms with Gasteiger partial charge in [0.15, 0.2) is 0 Å². The van der Waals surface area contributed by atoms with E-state index in [9.17, 15) is 23.3 Å². The van der Waals surface area contributed by atoms with Crippen LogP contribution in [0.15, 0.2) is 45.8 Å². The molecule has 0 aliphatic rings. The molecule has 0 radical (unpaired) electrons. The Hall–Kier alpha value is -2.30. The van der Waals surface area contributed by atoms with E-state index in [-0.39, 0.29) is 17.0 Å². The van der Waals surface area contributed by atoms with Crippen molar-refractivity contribution in [2.24, 2.45) is 0 Å². The minimum absolute atomic E-state index is 0.205. The summed E-state index contributed by atoms with van der Waals surface area (Å²) in [7, 11) is -2.95. The number of sulfonamides is 1. The van der Waals surface area contributed by atoms with Crippen molar-refractivity contribution in [1.29, 1.82) is 0 Å². The van der Waals surface area contributed by atoms with E-state index in [1.807, 2.05) is 0 Å². The van der Waals surface area contributed by atoms with Crippen molar-refractivity contribution >= 4 is 37.6 Å². The average Bonchev–Trinajstić information content (AvgIpc) is 2.62. The fourth-order valence-corrected chi connectivity index (χ4v) is 4.62. The van der Waals surface area contributed by atoms with Gasteiger partial charge in [-0.3, -0.25) is 14.9 Å². The summed E-state index contributed by atoms with van der Waals surface area (Å²) in [6.45, 7) is 3.17. The van der Waals surface area contributed by atoms with Gasteiger partial charge in [-0.15, -0.1) is 0 Å². The molecule has 8 nitrogen and oxygen atoms in total. The molecule has 0 aliphatic heterocycles. The van der Waals surface area contributed by atoms with Crippen LogP contribution in [0.2, 0.25) is 0 Å². The highest BCUT2D eigenvalue weighted by atomic mass is 79.9. The summed E-state index contributed by atoms with van der Waals surface area (Å²) in [6.07, 6.45) is -0.237. The van der Waals surface area contributed by atoms with Crippen molar-refractivity contribution in [3.63, 3.8) is 0 Å². The second kappa shape index (κ2) is 8.80. The molecule has 2 aromatic carbocycles. The van der Waals surface area contributed by atoms with E-state index >= 15 is 0 Å². The molecule has 1 atom stereocenters. The van der Waals surface area contributed by atoms with Crippen molar-refractivity contribution in [2.75, 3.05) is 7.11 Å². The second-order valence-electron chi connectivity index (χ2n) is 6.15. The maximum Gasteiger partial charge on any atom is 0.307 e. The van der Waals surface area contributed by atoms with Crippen LogP contribution in [0.4, 0.5) is 5.69 Å². The fourth-order valence-electron chi connectivity index (χ4n) is 2.64. The lowest BCUT2D eigenvalue weighted by molar-refractivity contribution is -0.385. The molecule has 0 fully saturated rings. The number of ether oxygens (including phenoxy) is 1. The van der Waals surface area contributed by atoms with E-state index in [1.165, 1.54) is 13.2 Å². The molecule has 0 amide bonds. The molecule has 150 valence electrons. The van der Waals surface area contributed by atoms with Gasteiger partial charge in [-0.05, 0) is 42.7 Å². The Morgan fingerprint density at radius 1 is 1.29 bits per heavy atom. The molecule has 0 bridgehead atoms. The maximum atomic E-state index is 13.0. The lowest BCUT2D eigenvalue weighted by atomic mass is 10.1. The Morgan fingerprint density at radius 3 is 2.54 bits per heavy atom. The number of esters is 1. The second-order valence-corrected chi connectivity index (χ2v) is 8.75. The van der Waals surface area contributed by atoms with Gasteiger partial charge >= 0.3 is 5.97 Å². The zero-order valence-electron chi connectivity index (χ0n) is 15.4. The van der Waals surface area contributed by atoms with Gasteiger partial charge in [0.2, 0.25) is 10.0 Å². The first-order valence-electron chi connectivity index (χ1n) is 8.15. The van der Waals surface area contributed by atoms with Gasteiger partial charge in [-0.1, -0.05) is 28.1 Å². The molecule has 10 heteroatoms. The first kappa shape index (κ1) is 22.0. The Morgan fingerprint density at radius 2 is 1.96 bits per heavy atom. The summed E-state index contributed by atoms with van der Waals surface area (Å²) in [4.78, 5) is 22.1. The standard InChI is InChI=1S/C18H19BrN2O6S/c1-11-7-15(21(23)24)9-17(12(11)2)28(25,26)20-16(10-18(22)27-3)13-5-4-6-14(19)8-13/h4-9,16,20H,10H2,1-3H3. The summed E-state index contributed by atoms with van der Waals surface area (Å²) in [5, 5.41) is 11.1. The van der Waals surface area contributed by atoms with Crippen molar-refractivity contribution in [1.82, 2.24) is 4.72 Å². The number of hydrogen-bond acceptors (Lipinski definition) is 6. The van der Waals surface area contributed by atoms with E-state index < -0.39 is 27.0 Å². The number of halogens is 1. The zero-order valence-corrected chi connectivity index (χ0v) is 17.8. The van der Waals surface area contributed by atoms with Crippen molar-refractivity contribution in [3.05, 3.63) is 67.7 Å². The van der Waals surface area contributed by atoms with Gasteiger partial charge in [0.1, 0.15) is 0 Å². The van der Waals surface area contributed by atoms with E-state index in [2.05, 4.69) is 25.4 Å². The Kier molecular flexibility index (Phi) is 6.91. The number of nitro benzene ring substituents is 1. The topological polar surface area (TPSA) is 116 Å². The van der Waals surface area contributed by atoms with E-state index in [4.69, 9.17) is 0 Å². The monoisotopic (exact) mass is 470 g/mol. The van der Waals surface area contributed by atoms with Crippen LogP contribution < -0.4 is 4.72 Å². The highest BCUT2D eigenvalue weighted by Crippen LogP contribution is 2.28. The summed E-state index contributed by atoms with van der Waals surface area (Å²) < 4.78 is 33.9. The lowest BCUT2D eigenvalue weighted by Gasteiger charge is -2.20. The third-order valence-electron chi connectivity index (χ3n) is 4.25. The number of hydrogen-bond donors (Lipinski definition) is 1. The molecular weight excluding hydrogens is 452 g/mol. The Labute approximate surface area is 171 Å². The number of nitrogens with one attached hydrogen (secondary N) is 1. The normalized spacial score (nSPS) is 12.4. The van der Waals surface area contributed by atoms with Gasteiger partial charge in [-0.2, -0.15) is 0 Å². The number of benzene rings is 2. The average molecular weight is 471 g/mol. The molecule has 1 N–H and O–H groups in total. The smallest absolute Gasteiger partial charge is 0.307 e. The van der Waals surface area contributed by atoms with Gasteiger partial charge in [0.05, 0.1) is 29.4 Å². The molecule has 0 saturated heterocycles. The van der Waals surface area contributed by atoms with Crippen molar-refractivity contribution in [2.45, 2.75) is 31.2 Å². The van der Waals surface area contributed by atoms with Crippen LogP contribution >= 0.6 is 15.9 Å². The molecule has 0 aromatic heterocycles. The zero-order chi connectivity index (χ0) is 21.1. The maximum absolute atomic E-state index is 13.0. The first-order valence-corrected chi connectivity index (χ1v) is 10.4. The van der Waals surface area contributed by atoms with Crippen molar-refractivity contribution in [3.8, 4) is 0 Å². The van der Waals surface area contributed by atoms with Crippen LogP contribution in [-0.2, 0) is 19.6 Å². The van der Waals surface area contributed by atoms with Gasteiger partial charge in [-0.25, -0.2) is 13.1 Å². The number of nitrogens with zero attached hydrogens (tertiary/aromatic N) is 1. The largest absolute Gasteiger partial charge is 0.469 e. The molecule has 0 saturated carbocycles. The highest BCUT2D eigenvalue weighted by molar-refractivity contribution is 9.10. The van der Waals surface area contributed by atoms with E-state index in [0.29, 0.717) is 21.2 Å². The number of aryl methyl sites for hydroxylation is 1. The quantitative estimate of drug-likeness (QED) is 0.375. The number of nitro groups is 1. The Bertz CT molecular complexity index is 1020. The minimum Gasteiger partial charge on any atom is -0.469 e. The Balaban J connectivity index is 2.51. The van der Waals surface area contributed by atoms with E-state index in [0.717, 1.165) is 6.07 Å². The van der Waals surface area contributed by atoms with Crippen LogP contribution in [-0.4, -0.2) is 26.4 Å². The van der Waals surface area contributed by atoms with Crippen molar-refractivity contribution < 1.29 is 22.9 Å². The fraction of sp³-hybridized carbons (Fsp3) is 0.278. The van der Waals surface area contributed by atoms with Gasteiger partial charge in [0, 0.05) is 16.6 Å². The SMILES string of the molecule is COC(=O)CC(NS(=O)(=O)c1cc([N+](=O)[O-])cc(C)c1C)c1cccc(Br)c1. The van der Waals surface area contributed by atoms with Crippen LogP contribution in [0.25, 0.3) is 0 Å². The van der Waals surface area contributed by atoms with E-state index in [1.54, 1.807) is 38.1 Å². The lowest BCUT2D eigenvalue weighted by Crippen LogP contribution is -2.31. The molecule has 2 rings (SSSR count). The summed E-state index contributed by atoms with van der Waals surface area (Å²) >= 11 is 3.32. The molecule has 0 aliphatic carbocycles. The molecule has 0 heterocycles. The molecule has 1 unspecified atom stereocenters. The molecular formula is C18H19BrN2O6S. The number of non-ortho nitro benzene ring substituents is 1. The number of methoxy groups -OCH3 is 1. The van der Waals surface area contributed by atoms with Crippen LogP contribution in [0.3, 0.4) is 0 Å². The molecule has 2 aromatic rings. The first-order chi connectivity index (χ1) is 13.0. The van der Waals surface area contributed by atoms with Gasteiger partial charge < -0.3 is 4.74 Å². The number of carbonyl (C=O) groups excluding carboxylic acids is 1. The number of rotatable bonds is 7. The van der Waals surface area contributed by atoms with Crippen LogP contribution in [0, 0.1) is 24.0 Å². The minimum atomic E-state index is -4.16. The van der Waals surface area contributed by atoms with Gasteiger partial charge in [0.25, 0.3) is 5.69 Å². The third-order valence-corrected chi connectivity index (χ3v) is 6.34. The summed E-state index contributed by atoms with van der Waals surface area (Å²) in [6, 6.07) is 8.25. The number of carbonyl (C=O) groups is 1. The predicted octanol–water partition coefficient (Wildman–Crippen LogP) is 3.56. The van der Waals surface area contributed by atoms with Crippen LogP contribution in [0.1, 0.15) is 29.2 Å². The third kappa shape index (κ3) is 5.15. The van der Waals surface area contributed by atoms with Crippen LogP contribution in [0.5, 0.6) is 0 Å². The molecule has 28 heavy (non-hydrogen) atoms. The summed E-state index contributed by atoms with van der Waals surface area (Å²) in [5.41, 5.74) is 1.09. The predicted molar refractivity (Wildman–Crippen MR) is 106 cm³/mol. The molecule has 0 spiro atoms. The summed E-state index contributed by atoms with van der Waals surface area (Å²) in [5.74, 6) is -0.598. The highest BCUT2D eigenvalue weighted by Gasteiger charge is 2.27.